The van der Waals surface area contributed by atoms with E-state index >= 15 is 0 Å². The molecular weight excluding hydrogens is 968 g/mol. The number of halogens is 10. The van der Waals surface area contributed by atoms with Crippen molar-refractivity contribution in [2.45, 2.75) is 62.3 Å². The Kier molecular flexibility index (Phi) is 21.9. The first kappa shape index (κ1) is 51.4. The molecule has 6 rings (SSSR count). The van der Waals surface area contributed by atoms with Crippen LogP contribution in [0.4, 0.5) is 35.1 Å². The summed E-state index contributed by atoms with van der Waals surface area (Å²) in [5.41, 5.74) is 2.18. The summed E-state index contributed by atoms with van der Waals surface area (Å²) >= 11 is -0.000804. The second kappa shape index (κ2) is 24.3. The lowest BCUT2D eigenvalue weighted by molar-refractivity contribution is -0.597. The summed E-state index contributed by atoms with van der Waals surface area (Å²) < 4.78 is 108. The Morgan fingerprint density at radius 2 is 0.649 bits per heavy atom. The van der Waals surface area contributed by atoms with Gasteiger partial charge in [-0.3, -0.25) is 0 Å². The molecule has 0 unspecified atom stereocenters. The smallest absolute Gasteiger partial charge is 0.207 e. The molecule has 0 saturated heterocycles. The first-order valence-electron chi connectivity index (χ1n) is 16.1. The van der Waals surface area contributed by atoms with Crippen LogP contribution >= 0.6 is 0 Å². The number of hydrogen-bond acceptors (Lipinski definition) is 0. The number of hydrogen-bond donors (Lipinski definition) is 0. The zero-order valence-corrected chi connectivity index (χ0v) is 34.0. The fraction of sp³-hybridized carbons (Fsp3) is 0.200. The fourth-order valence-corrected chi connectivity index (χ4v) is 8.47. The summed E-state index contributed by atoms with van der Waals surface area (Å²) in [7, 11) is -1.78. The quantitative estimate of drug-likeness (QED) is 0.107. The van der Waals surface area contributed by atoms with Crippen LogP contribution in [-0.4, -0.2) is 15.7 Å². The fourth-order valence-electron chi connectivity index (χ4n) is 4.10. The Bertz CT molecular complexity index is 1880. The molecule has 0 atom stereocenters. The highest BCUT2D eigenvalue weighted by Crippen LogP contribution is 2.17. The standard InChI is InChI=1S/C16H18I.C13H12I.2C7H6BF4.2CH4/c1-12(2)14-6-10-16(11-7-14)17-15-8-4-13(3)5-9-15;1-11-7-9-13(10-8-11)14-12-5-3-2-4-6-12;2*1-2-4(9)6(11)3(8)7(12)5(2)10;;/h4-12H,1-3H3;2-10H,1H3;2*1,8H3;2*1H4/q2*+1;2*-1;;. The first-order valence-corrected chi connectivity index (χ1v) is 20.4. The monoisotopic (exact) mass is 1020 g/mol. The second-order valence-corrected chi connectivity index (χ2v) is 17.9. The molecule has 0 aliphatic heterocycles. The van der Waals surface area contributed by atoms with E-state index in [0.29, 0.717) is 5.92 Å². The van der Waals surface area contributed by atoms with Crippen molar-refractivity contribution in [1.82, 2.24) is 0 Å². The summed E-state index contributed by atoms with van der Waals surface area (Å²) in [6.07, 6.45) is 0. The highest BCUT2D eigenvalue weighted by molar-refractivity contribution is 6.33. The average molecular weight is 1020 g/mol. The van der Waals surface area contributed by atoms with Gasteiger partial charge in [0.2, 0.25) is 0 Å². The van der Waals surface area contributed by atoms with Crippen LogP contribution in [0.1, 0.15) is 62.4 Å². The van der Waals surface area contributed by atoms with Crippen molar-refractivity contribution in [2.75, 3.05) is 0 Å². The van der Waals surface area contributed by atoms with Crippen molar-refractivity contribution < 1.29 is 77.5 Å². The predicted molar refractivity (Wildman–Crippen MR) is 219 cm³/mol. The van der Waals surface area contributed by atoms with Gasteiger partial charge in [-0.25, -0.2) is 35.1 Å². The van der Waals surface area contributed by atoms with E-state index in [4.69, 9.17) is 0 Å². The molecule has 57 heavy (non-hydrogen) atoms. The molecule has 0 aliphatic rings. The molecule has 0 spiro atoms. The van der Waals surface area contributed by atoms with Gasteiger partial charge in [0.05, 0.1) is 0 Å². The van der Waals surface area contributed by atoms with Crippen LogP contribution in [0.3, 0.4) is 0 Å². The van der Waals surface area contributed by atoms with Gasteiger partial charge in [-0.2, -0.15) is 0 Å². The minimum atomic E-state index is -1.26. The third-order valence-electron chi connectivity index (χ3n) is 7.25. The average Bonchev–Trinajstić information content (AvgIpc) is 3.19. The van der Waals surface area contributed by atoms with Gasteiger partial charge in [0.1, 0.15) is 23.3 Å². The van der Waals surface area contributed by atoms with E-state index < -0.39 is 73.4 Å². The summed E-state index contributed by atoms with van der Waals surface area (Å²) in [5.74, 6) is -9.30. The van der Waals surface area contributed by atoms with Crippen molar-refractivity contribution in [3.05, 3.63) is 192 Å². The molecule has 0 N–H and O–H groups in total. The Hall–Kier alpha value is -3.65. The normalized spacial score (nSPS) is 10.1. The molecule has 0 amide bonds. The largest absolute Gasteiger partial charge is 0.357 e. The Morgan fingerprint density at radius 3 is 0.930 bits per heavy atom. The molecule has 6 aromatic carbocycles. The zero-order valence-electron chi connectivity index (χ0n) is 29.7. The van der Waals surface area contributed by atoms with Crippen molar-refractivity contribution in [3.63, 3.8) is 0 Å². The van der Waals surface area contributed by atoms with Crippen molar-refractivity contribution >= 4 is 26.6 Å². The molecule has 6 aromatic rings. The van der Waals surface area contributed by atoms with Crippen LogP contribution in [0.25, 0.3) is 0 Å². The minimum absolute atomic E-state index is 0. The highest BCUT2D eigenvalue weighted by Gasteiger charge is 2.18. The molecule has 0 heterocycles. The van der Waals surface area contributed by atoms with E-state index in [-0.39, 0.29) is 68.2 Å². The molecule has 0 saturated carbocycles. The maximum atomic E-state index is 12.7. The Labute approximate surface area is 355 Å². The maximum absolute atomic E-state index is 12.7. The van der Waals surface area contributed by atoms with Crippen molar-refractivity contribution in [3.8, 4) is 0 Å². The molecule has 0 radical (unpaired) electrons. The third-order valence-corrected chi connectivity index (χ3v) is 12.6. The Balaban J connectivity index is 0.000000380. The van der Waals surface area contributed by atoms with Crippen LogP contribution in [0.5, 0.6) is 0 Å². The van der Waals surface area contributed by atoms with Gasteiger partial charge in [0.25, 0.3) is 0 Å². The summed E-state index contributed by atoms with van der Waals surface area (Å²) in [4.78, 5) is 0. The summed E-state index contributed by atoms with van der Waals surface area (Å²) in [6.45, 7) is 10.8. The van der Waals surface area contributed by atoms with Crippen LogP contribution in [0.2, 0.25) is 0 Å². The van der Waals surface area contributed by atoms with Gasteiger partial charge >= 0.3 is 42.4 Å². The van der Waals surface area contributed by atoms with Gasteiger partial charge in [-0.15, -0.1) is 10.9 Å². The van der Waals surface area contributed by atoms with Gasteiger partial charge < -0.3 is 0 Å². The van der Waals surface area contributed by atoms with E-state index in [9.17, 15) is 35.1 Å². The number of rotatable bonds is 5. The first-order chi connectivity index (χ1) is 25.9. The van der Waals surface area contributed by atoms with Crippen LogP contribution in [-0.2, 0) is 0 Å². The minimum Gasteiger partial charge on any atom is -0.207 e. The molecular formula is C45H50B2F8I2. The van der Waals surface area contributed by atoms with Gasteiger partial charge in [0, 0.05) is 11.1 Å². The van der Waals surface area contributed by atoms with Gasteiger partial charge in [-0.1, -0.05) is 94.4 Å². The van der Waals surface area contributed by atoms with Gasteiger partial charge in [0.15, 0.2) is 37.5 Å². The van der Waals surface area contributed by atoms with E-state index in [1.54, 1.807) is 0 Å². The SMILES string of the molecule is C.C.Cc1ccc([I+]c2ccc(C(C)C)cc2)cc1.Cc1ccc([I+]c2ccccc2)cc1.[BH3-]c1c(F)c(F)c(C)c(F)c1F.[BH3-]c1c(F)c(F)c(C)c(F)c1F. The van der Waals surface area contributed by atoms with Crippen molar-refractivity contribution in [2.24, 2.45) is 0 Å². The van der Waals surface area contributed by atoms with E-state index in [0.717, 1.165) is 13.8 Å². The number of aryl methyl sites for hydroxylation is 2. The van der Waals surface area contributed by atoms with E-state index in [1.807, 2.05) is 0 Å². The predicted octanol–water partition coefficient (Wildman–Crippen LogP) is 3.73. The third kappa shape index (κ3) is 14.9. The molecule has 0 aliphatic carbocycles. The van der Waals surface area contributed by atoms with E-state index in [1.165, 1.54) is 31.0 Å². The Morgan fingerprint density at radius 1 is 0.386 bits per heavy atom. The summed E-state index contributed by atoms with van der Waals surface area (Å²) in [6, 6.07) is 37.7. The molecule has 0 bridgehead atoms. The lowest BCUT2D eigenvalue weighted by Gasteiger charge is -2.08. The summed E-state index contributed by atoms with van der Waals surface area (Å²) in [5, 5.41) is 0. The molecule has 12 heteroatoms. The topological polar surface area (TPSA) is 0 Å². The lowest BCUT2D eigenvalue weighted by Crippen LogP contribution is -3.61. The molecule has 0 nitrogen and oxygen atoms in total. The maximum Gasteiger partial charge on any atom is 0.357 e. The lowest BCUT2D eigenvalue weighted by atomic mass is 9.93. The van der Waals surface area contributed by atoms with Crippen molar-refractivity contribution in [1.29, 1.82) is 0 Å². The van der Waals surface area contributed by atoms with Crippen LogP contribution in [0, 0.1) is 88.5 Å². The molecule has 306 valence electrons. The molecule has 0 fully saturated rings. The zero-order chi connectivity index (χ0) is 41.0. The van der Waals surface area contributed by atoms with Crippen LogP contribution < -0.4 is 53.3 Å². The highest BCUT2D eigenvalue weighted by atomic mass is 127. The second-order valence-electron chi connectivity index (χ2n) is 11.8. The van der Waals surface area contributed by atoms with Gasteiger partial charge in [-0.05, 0) is 103 Å². The molecule has 0 aromatic heterocycles. The number of benzene rings is 6. The van der Waals surface area contributed by atoms with Crippen LogP contribution in [0.15, 0.2) is 103 Å². The van der Waals surface area contributed by atoms with E-state index in [2.05, 4.69) is 131 Å².